The lowest BCUT2D eigenvalue weighted by Crippen LogP contribution is -1.94. The minimum atomic E-state index is 0.706. The van der Waals surface area contributed by atoms with Crippen molar-refractivity contribution < 1.29 is 0 Å². The fraction of sp³-hybridized carbons (Fsp3) is 0. The maximum absolute atomic E-state index is 5.73. The molecule has 0 spiro atoms. The Morgan fingerprint density at radius 2 is 1.56 bits per heavy atom. The van der Waals surface area contributed by atoms with Crippen molar-refractivity contribution in [3.63, 3.8) is 0 Å². The average molecular weight is 248 g/mol. The molecule has 0 aliphatic carbocycles. The summed E-state index contributed by atoms with van der Waals surface area (Å²) in [5, 5.41) is 3.25. The molecule has 4 heteroatoms. The predicted molar refractivity (Wildman–Crippen MR) is 75.1 cm³/mol. The van der Waals surface area contributed by atoms with Gasteiger partial charge in [-0.25, -0.2) is 0 Å². The summed E-state index contributed by atoms with van der Waals surface area (Å²) in [6.45, 7) is 0. The molecule has 0 bridgehead atoms. The summed E-state index contributed by atoms with van der Waals surface area (Å²) in [4.78, 5) is 1.74. The lowest BCUT2D eigenvalue weighted by Gasteiger charge is -2.11. The molecule has 0 radical (unpaired) electrons. The number of hydrogen-bond donors (Lipinski definition) is 4. The van der Waals surface area contributed by atoms with Gasteiger partial charge in [0.05, 0.1) is 11.4 Å². The zero-order valence-corrected chi connectivity index (χ0v) is 10.3. The molecule has 2 aromatic carbocycles. The van der Waals surface area contributed by atoms with Crippen molar-refractivity contribution in [2.24, 2.45) is 0 Å². The van der Waals surface area contributed by atoms with Gasteiger partial charge in [0, 0.05) is 15.5 Å². The van der Waals surface area contributed by atoms with E-state index in [2.05, 4.69) is 30.6 Å². The third kappa shape index (κ3) is 2.46. The molecule has 0 aliphatic heterocycles. The molecule has 0 aliphatic rings. The van der Waals surface area contributed by atoms with Crippen LogP contribution in [0.5, 0.6) is 0 Å². The molecule has 0 atom stereocenters. The molecule has 2 rings (SSSR count). The minimum absolute atomic E-state index is 0.706. The van der Waals surface area contributed by atoms with Gasteiger partial charge in [-0.1, -0.05) is 12.1 Å². The fourth-order valence-corrected chi connectivity index (χ4v) is 1.79. The molecule has 0 heterocycles. The summed E-state index contributed by atoms with van der Waals surface area (Å²) in [5.74, 6) is 0. The Morgan fingerprint density at radius 1 is 0.875 bits per heavy atom. The van der Waals surface area contributed by atoms with Crippen LogP contribution in [-0.2, 0) is 0 Å². The van der Waals surface area contributed by atoms with Crippen LogP contribution in [-0.4, -0.2) is 0 Å². The van der Waals surface area contributed by atoms with Crippen LogP contribution >= 0.6 is 25.3 Å². The molecular formula is C12H12N2S2. The van der Waals surface area contributed by atoms with E-state index in [0.717, 1.165) is 21.2 Å². The van der Waals surface area contributed by atoms with E-state index < -0.39 is 0 Å². The van der Waals surface area contributed by atoms with Crippen molar-refractivity contribution in [1.82, 2.24) is 0 Å². The van der Waals surface area contributed by atoms with Gasteiger partial charge < -0.3 is 11.1 Å². The first-order valence-corrected chi connectivity index (χ1v) is 5.70. The number of nitrogens with one attached hydrogen (secondary N) is 1. The van der Waals surface area contributed by atoms with Crippen LogP contribution in [0.2, 0.25) is 0 Å². The Morgan fingerprint density at radius 3 is 2.31 bits per heavy atom. The summed E-state index contributed by atoms with van der Waals surface area (Å²) in [7, 11) is 0. The molecule has 2 nitrogen and oxygen atoms in total. The SMILES string of the molecule is Nc1ccc(S)c(Nc2ccccc2S)c1. The van der Waals surface area contributed by atoms with E-state index in [9.17, 15) is 0 Å². The maximum Gasteiger partial charge on any atom is 0.0540 e. The van der Waals surface area contributed by atoms with Gasteiger partial charge in [-0.3, -0.25) is 0 Å². The number of nitrogen functional groups attached to an aromatic ring is 1. The van der Waals surface area contributed by atoms with Gasteiger partial charge in [-0.05, 0) is 30.3 Å². The number of para-hydroxylation sites is 1. The molecule has 0 amide bonds. The number of hydrogen-bond acceptors (Lipinski definition) is 4. The second-order valence-corrected chi connectivity index (χ2v) is 4.38. The van der Waals surface area contributed by atoms with E-state index in [1.807, 2.05) is 42.5 Å². The lowest BCUT2D eigenvalue weighted by atomic mass is 10.2. The third-order valence-electron chi connectivity index (χ3n) is 2.19. The van der Waals surface area contributed by atoms with Crippen molar-refractivity contribution in [3.8, 4) is 0 Å². The quantitative estimate of drug-likeness (QED) is 0.484. The van der Waals surface area contributed by atoms with Crippen LogP contribution in [0.3, 0.4) is 0 Å². The predicted octanol–water partition coefficient (Wildman–Crippen LogP) is 3.59. The molecular weight excluding hydrogens is 236 g/mol. The molecule has 16 heavy (non-hydrogen) atoms. The van der Waals surface area contributed by atoms with Gasteiger partial charge in [0.15, 0.2) is 0 Å². The highest BCUT2D eigenvalue weighted by atomic mass is 32.1. The topological polar surface area (TPSA) is 38.0 Å². The number of thiol groups is 2. The molecule has 0 aromatic heterocycles. The third-order valence-corrected chi connectivity index (χ3v) is 2.97. The highest BCUT2D eigenvalue weighted by Crippen LogP contribution is 2.28. The zero-order chi connectivity index (χ0) is 11.5. The zero-order valence-electron chi connectivity index (χ0n) is 8.51. The first-order chi connectivity index (χ1) is 7.66. The van der Waals surface area contributed by atoms with Gasteiger partial charge in [0.25, 0.3) is 0 Å². The Bertz CT molecular complexity index is 512. The van der Waals surface area contributed by atoms with Crippen molar-refractivity contribution in [1.29, 1.82) is 0 Å². The van der Waals surface area contributed by atoms with Crippen LogP contribution in [0.25, 0.3) is 0 Å². The smallest absolute Gasteiger partial charge is 0.0540 e. The first kappa shape index (κ1) is 11.2. The van der Waals surface area contributed by atoms with E-state index in [1.165, 1.54) is 0 Å². The van der Waals surface area contributed by atoms with Crippen LogP contribution in [0.15, 0.2) is 52.3 Å². The van der Waals surface area contributed by atoms with Crippen LogP contribution in [0.1, 0.15) is 0 Å². The van der Waals surface area contributed by atoms with E-state index in [0.29, 0.717) is 5.69 Å². The Labute approximate surface area is 106 Å². The standard InChI is InChI=1S/C12H12N2S2/c13-8-5-6-12(16)10(7-8)14-9-3-1-2-4-11(9)15/h1-7,14-16H,13H2. The van der Waals surface area contributed by atoms with Crippen LogP contribution < -0.4 is 11.1 Å². The monoisotopic (exact) mass is 248 g/mol. The van der Waals surface area contributed by atoms with Gasteiger partial charge in [0.2, 0.25) is 0 Å². The van der Waals surface area contributed by atoms with Gasteiger partial charge in [0.1, 0.15) is 0 Å². The molecule has 82 valence electrons. The number of rotatable bonds is 2. The number of anilines is 3. The molecule has 0 saturated heterocycles. The average Bonchev–Trinajstić information content (AvgIpc) is 2.27. The molecule has 2 aromatic rings. The second kappa shape index (κ2) is 4.72. The van der Waals surface area contributed by atoms with Crippen LogP contribution in [0, 0.1) is 0 Å². The van der Waals surface area contributed by atoms with Gasteiger partial charge in [-0.2, -0.15) is 0 Å². The Kier molecular flexibility index (Phi) is 3.31. The van der Waals surface area contributed by atoms with E-state index in [1.54, 1.807) is 0 Å². The molecule has 0 unspecified atom stereocenters. The maximum atomic E-state index is 5.73. The summed E-state index contributed by atoms with van der Waals surface area (Å²) >= 11 is 8.74. The summed E-state index contributed by atoms with van der Waals surface area (Å²) < 4.78 is 0. The Balaban J connectivity index is 2.34. The summed E-state index contributed by atoms with van der Waals surface area (Å²) in [6.07, 6.45) is 0. The Hall–Kier alpha value is -1.26. The van der Waals surface area contributed by atoms with Crippen molar-refractivity contribution >= 4 is 42.3 Å². The number of benzene rings is 2. The number of nitrogens with two attached hydrogens (primary N) is 1. The van der Waals surface area contributed by atoms with Crippen molar-refractivity contribution in [2.45, 2.75) is 9.79 Å². The largest absolute Gasteiger partial charge is 0.399 e. The van der Waals surface area contributed by atoms with E-state index in [4.69, 9.17) is 5.73 Å². The van der Waals surface area contributed by atoms with Crippen molar-refractivity contribution in [3.05, 3.63) is 42.5 Å². The lowest BCUT2D eigenvalue weighted by molar-refractivity contribution is 1.37. The highest BCUT2D eigenvalue weighted by Gasteiger charge is 2.02. The second-order valence-electron chi connectivity index (χ2n) is 3.42. The summed E-state index contributed by atoms with van der Waals surface area (Å²) in [5.41, 5.74) is 8.25. The van der Waals surface area contributed by atoms with Gasteiger partial charge >= 0.3 is 0 Å². The van der Waals surface area contributed by atoms with Gasteiger partial charge in [-0.15, -0.1) is 25.3 Å². The van der Waals surface area contributed by atoms with E-state index in [-0.39, 0.29) is 0 Å². The fourth-order valence-electron chi connectivity index (χ4n) is 1.38. The van der Waals surface area contributed by atoms with Crippen LogP contribution in [0.4, 0.5) is 17.1 Å². The van der Waals surface area contributed by atoms with E-state index >= 15 is 0 Å². The normalized spacial score (nSPS) is 10.1. The first-order valence-electron chi connectivity index (χ1n) is 4.80. The molecule has 0 saturated carbocycles. The van der Waals surface area contributed by atoms with Crippen molar-refractivity contribution in [2.75, 3.05) is 11.1 Å². The summed E-state index contributed by atoms with van der Waals surface area (Å²) in [6, 6.07) is 13.3. The molecule has 0 fully saturated rings. The highest BCUT2D eigenvalue weighted by molar-refractivity contribution is 7.80. The minimum Gasteiger partial charge on any atom is -0.399 e. The molecule has 3 N–H and O–H groups in total.